The van der Waals surface area contributed by atoms with Gasteiger partial charge in [-0.1, -0.05) is 0 Å². The molecule has 6 heteroatoms. The Morgan fingerprint density at radius 2 is 2.44 bits per heavy atom. The number of nitrogens with one attached hydrogen (secondary N) is 1. The Balaban J connectivity index is 1.90. The van der Waals surface area contributed by atoms with Crippen LogP contribution < -0.4 is 5.32 Å². The van der Waals surface area contributed by atoms with Crippen molar-refractivity contribution < 1.29 is 9.53 Å². The van der Waals surface area contributed by atoms with E-state index in [1.165, 1.54) is 0 Å². The smallest absolute Gasteiger partial charge is 0.239 e. The average Bonchev–Trinajstić information content (AvgIpc) is 2.61. The predicted octanol–water partition coefficient (Wildman–Crippen LogP) is 0.388. The number of aromatic nitrogens is 2. The third-order valence-electron chi connectivity index (χ3n) is 3.12. The molecular weight excluding hydrogens is 232 g/mol. The van der Waals surface area contributed by atoms with Crippen molar-refractivity contribution in [2.45, 2.75) is 19.9 Å². The minimum Gasteiger partial charge on any atom is -0.379 e. The van der Waals surface area contributed by atoms with Crippen molar-refractivity contribution in [3.63, 3.8) is 0 Å². The number of anilines is 1. The molecule has 0 aliphatic carbocycles. The Bertz CT molecular complexity index is 430. The van der Waals surface area contributed by atoms with Gasteiger partial charge in [-0.15, -0.1) is 0 Å². The molecule has 0 aromatic carbocycles. The fourth-order valence-electron chi connectivity index (χ4n) is 2.09. The molecule has 2 heterocycles. The molecule has 1 amide bonds. The molecule has 18 heavy (non-hydrogen) atoms. The van der Waals surface area contributed by atoms with Crippen molar-refractivity contribution in [2.24, 2.45) is 7.05 Å². The lowest BCUT2D eigenvalue weighted by molar-refractivity contribution is -0.119. The molecule has 100 valence electrons. The first kappa shape index (κ1) is 13.0. The fraction of sp³-hybridized carbons (Fsp3) is 0.667. The quantitative estimate of drug-likeness (QED) is 0.845. The molecule has 1 aliphatic rings. The molecule has 1 aromatic heterocycles. The molecule has 6 nitrogen and oxygen atoms in total. The van der Waals surface area contributed by atoms with Crippen LogP contribution in [0.2, 0.25) is 0 Å². The number of amides is 1. The third-order valence-corrected chi connectivity index (χ3v) is 3.12. The van der Waals surface area contributed by atoms with Crippen LogP contribution in [0.4, 0.5) is 5.82 Å². The summed E-state index contributed by atoms with van der Waals surface area (Å²) in [6, 6.07) is 2.15. The van der Waals surface area contributed by atoms with Gasteiger partial charge < -0.3 is 10.1 Å². The fourth-order valence-corrected chi connectivity index (χ4v) is 2.09. The van der Waals surface area contributed by atoms with Gasteiger partial charge in [0, 0.05) is 25.7 Å². The van der Waals surface area contributed by atoms with E-state index in [-0.39, 0.29) is 11.9 Å². The van der Waals surface area contributed by atoms with Crippen LogP contribution in [0.25, 0.3) is 0 Å². The second-order valence-electron chi connectivity index (χ2n) is 4.74. The van der Waals surface area contributed by atoms with Gasteiger partial charge in [0.15, 0.2) is 0 Å². The minimum atomic E-state index is -0.00764. The van der Waals surface area contributed by atoms with E-state index in [0.717, 1.165) is 18.1 Å². The Kier molecular flexibility index (Phi) is 3.98. The number of hydrogen-bond donors (Lipinski definition) is 1. The predicted molar refractivity (Wildman–Crippen MR) is 68.4 cm³/mol. The zero-order chi connectivity index (χ0) is 13.1. The van der Waals surface area contributed by atoms with Gasteiger partial charge in [0.25, 0.3) is 0 Å². The maximum absolute atomic E-state index is 12.0. The van der Waals surface area contributed by atoms with Crippen LogP contribution in [0.5, 0.6) is 0 Å². The van der Waals surface area contributed by atoms with Gasteiger partial charge >= 0.3 is 0 Å². The van der Waals surface area contributed by atoms with Crippen molar-refractivity contribution in [3.05, 3.63) is 11.8 Å². The van der Waals surface area contributed by atoms with Gasteiger partial charge in [0.2, 0.25) is 5.91 Å². The number of carbonyl (C=O) groups is 1. The normalized spacial score (nSPS) is 20.9. The molecule has 0 unspecified atom stereocenters. The molecule has 1 saturated heterocycles. The molecular formula is C12H20N4O2. The van der Waals surface area contributed by atoms with E-state index < -0.39 is 0 Å². The highest BCUT2D eigenvalue weighted by molar-refractivity contribution is 5.91. The highest BCUT2D eigenvalue weighted by atomic mass is 16.5. The molecule has 1 aromatic rings. The molecule has 0 spiro atoms. The monoisotopic (exact) mass is 252 g/mol. The van der Waals surface area contributed by atoms with E-state index >= 15 is 0 Å². The van der Waals surface area contributed by atoms with Crippen molar-refractivity contribution in [1.29, 1.82) is 0 Å². The van der Waals surface area contributed by atoms with Crippen LogP contribution in [-0.4, -0.2) is 52.9 Å². The molecule has 1 N–H and O–H groups in total. The molecule has 1 atom stereocenters. The summed E-state index contributed by atoms with van der Waals surface area (Å²) in [4.78, 5) is 14.1. The summed E-state index contributed by atoms with van der Waals surface area (Å²) in [6.07, 6.45) is 0. The number of rotatable bonds is 3. The van der Waals surface area contributed by atoms with Crippen molar-refractivity contribution in [1.82, 2.24) is 14.7 Å². The third kappa shape index (κ3) is 3.08. The molecule has 1 aliphatic heterocycles. The first-order valence-electron chi connectivity index (χ1n) is 6.18. The van der Waals surface area contributed by atoms with Crippen LogP contribution in [-0.2, 0) is 16.6 Å². The number of nitrogens with zero attached hydrogens (tertiary/aromatic N) is 3. The molecule has 0 radical (unpaired) electrons. The summed E-state index contributed by atoms with van der Waals surface area (Å²) in [6.45, 7) is 6.56. The van der Waals surface area contributed by atoms with E-state index in [1.54, 1.807) is 4.68 Å². The Morgan fingerprint density at radius 3 is 3.06 bits per heavy atom. The first-order valence-corrected chi connectivity index (χ1v) is 6.18. The second kappa shape index (κ2) is 5.49. The highest BCUT2D eigenvalue weighted by Crippen LogP contribution is 2.09. The van der Waals surface area contributed by atoms with Crippen molar-refractivity contribution in [3.8, 4) is 0 Å². The number of carbonyl (C=O) groups excluding carboxylic acids is 1. The number of hydrogen-bond acceptors (Lipinski definition) is 4. The number of morpholine rings is 1. The van der Waals surface area contributed by atoms with Gasteiger partial charge in [-0.3, -0.25) is 14.4 Å². The van der Waals surface area contributed by atoms with Crippen LogP contribution in [0.3, 0.4) is 0 Å². The standard InChI is InChI=1S/C12H20N4O2/c1-9-6-11(15(3)14-9)13-12(17)7-16-4-5-18-8-10(16)2/h6,10H,4-5,7-8H2,1-3H3,(H,13,17)/t10-/m1/s1. The minimum absolute atomic E-state index is 0.00764. The maximum Gasteiger partial charge on any atom is 0.239 e. The molecule has 0 saturated carbocycles. The zero-order valence-electron chi connectivity index (χ0n) is 11.1. The van der Waals surface area contributed by atoms with Gasteiger partial charge in [-0.05, 0) is 13.8 Å². The Hall–Kier alpha value is -1.40. The first-order chi connectivity index (χ1) is 8.56. The topological polar surface area (TPSA) is 59.4 Å². The van der Waals surface area contributed by atoms with E-state index in [0.29, 0.717) is 19.8 Å². The summed E-state index contributed by atoms with van der Waals surface area (Å²) in [7, 11) is 1.82. The number of ether oxygens (including phenoxy) is 1. The van der Waals surface area contributed by atoms with Crippen LogP contribution in [0.1, 0.15) is 12.6 Å². The SMILES string of the molecule is Cc1cc(NC(=O)CN2CCOC[C@H]2C)n(C)n1. The lowest BCUT2D eigenvalue weighted by Crippen LogP contribution is -2.47. The average molecular weight is 252 g/mol. The Labute approximate surface area is 107 Å². The largest absolute Gasteiger partial charge is 0.379 e. The molecule has 0 bridgehead atoms. The lowest BCUT2D eigenvalue weighted by Gasteiger charge is -2.32. The van der Waals surface area contributed by atoms with Crippen LogP contribution in [0, 0.1) is 6.92 Å². The van der Waals surface area contributed by atoms with Gasteiger partial charge in [0.05, 0.1) is 25.5 Å². The van der Waals surface area contributed by atoms with Gasteiger partial charge in [-0.25, -0.2) is 0 Å². The van der Waals surface area contributed by atoms with Crippen LogP contribution >= 0.6 is 0 Å². The molecule has 1 fully saturated rings. The summed E-state index contributed by atoms with van der Waals surface area (Å²) < 4.78 is 7.02. The summed E-state index contributed by atoms with van der Waals surface area (Å²) in [5.41, 5.74) is 0.896. The van der Waals surface area contributed by atoms with E-state index in [1.807, 2.05) is 20.0 Å². The molecule has 2 rings (SSSR count). The van der Waals surface area contributed by atoms with Crippen molar-refractivity contribution >= 4 is 11.7 Å². The zero-order valence-corrected chi connectivity index (χ0v) is 11.1. The summed E-state index contributed by atoms with van der Waals surface area (Å²) in [5.74, 6) is 0.727. The second-order valence-corrected chi connectivity index (χ2v) is 4.74. The maximum atomic E-state index is 12.0. The summed E-state index contributed by atoms with van der Waals surface area (Å²) >= 11 is 0. The van der Waals surface area contributed by atoms with E-state index in [9.17, 15) is 4.79 Å². The van der Waals surface area contributed by atoms with E-state index in [2.05, 4.69) is 22.2 Å². The van der Waals surface area contributed by atoms with E-state index in [4.69, 9.17) is 4.74 Å². The van der Waals surface area contributed by atoms with Crippen LogP contribution in [0.15, 0.2) is 6.07 Å². The number of aryl methyl sites for hydroxylation is 2. The van der Waals surface area contributed by atoms with Gasteiger partial charge in [0.1, 0.15) is 5.82 Å². The van der Waals surface area contributed by atoms with Crippen molar-refractivity contribution in [2.75, 3.05) is 31.6 Å². The Morgan fingerprint density at radius 1 is 1.67 bits per heavy atom. The summed E-state index contributed by atoms with van der Waals surface area (Å²) in [5, 5.41) is 7.07. The van der Waals surface area contributed by atoms with Gasteiger partial charge in [-0.2, -0.15) is 5.10 Å². The highest BCUT2D eigenvalue weighted by Gasteiger charge is 2.21. The lowest BCUT2D eigenvalue weighted by atomic mass is 10.2.